The third kappa shape index (κ3) is 3.12. The summed E-state index contributed by atoms with van der Waals surface area (Å²) in [6.45, 7) is 0. The molecule has 0 N–H and O–H groups in total. The van der Waals surface area contributed by atoms with Crippen LogP contribution in [0.2, 0.25) is 0 Å². The minimum atomic E-state index is -1.48. The Morgan fingerprint density at radius 1 is 0.720 bits per heavy atom. The van der Waals surface area contributed by atoms with Gasteiger partial charge in [0.15, 0.2) is 0 Å². The van der Waals surface area contributed by atoms with Gasteiger partial charge in [0, 0.05) is 25.3 Å². The van der Waals surface area contributed by atoms with E-state index in [1.807, 2.05) is 78.9 Å². The molecule has 0 amide bonds. The summed E-state index contributed by atoms with van der Waals surface area (Å²) in [5.74, 6) is -1.71. The maximum atomic E-state index is 13.5. The Bertz CT molecular complexity index is 837. The van der Waals surface area contributed by atoms with Crippen molar-refractivity contribution >= 4 is 5.78 Å². The third-order valence-corrected chi connectivity index (χ3v) is 4.28. The number of methoxy groups -OCH3 is 2. The maximum absolute atomic E-state index is 13.5. The average molecular weight is 332 g/mol. The normalized spacial score (nSPS) is 11.3. The van der Waals surface area contributed by atoms with Crippen molar-refractivity contribution in [2.45, 2.75) is 5.79 Å². The Hall–Kier alpha value is -2.75. The van der Waals surface area contributed by atoms with Gasteiger partial charge in [-0.2, -0.15) is 0 Å². The lowest BCUT2D eigenvalue weighted by Crippen LogP contribution is -2.40. The Labute approximate surface area is 147 Å². The van der Waals surface area contributed by atoms with Gasteiger partial charge in [-0.15, -0.1) is 0 Å². The molecule has 3 aromatic rings. The second-order valence-corrected chi connectivity index (χ2v) is 5.63. The molecular formula is C22H20O3. The lowest BCUT2D eigenvalue weighted by molar-refractivity contribution is -0.176. The van der Waals surface area contributed by atoms with Crippen molar-refractivity contribution in [1.82, 2.24) is 0 Å². The molecule has 0 unspecified atom stereocenters. The zero-order valence-electron chi connectivity index (χ0n) is 14.3. The van der Waals surface area contributed by atoms with Crippen molar-refractivity contribution in [3.05, 3.63) is 96.1 Å². The number of carbonyl (C=O) groups is 1. The first-order valence-corrected chi connectivity index (χ1v) is 8.08. The van der Waals surface area contributed by atoms with Crippen LogP contribution in [0.4, 0.5) is 0 Å². The van der Waals surface area contributed by atoms with E-state index in [4.69, 9.17) is 9.47 Å². The highest BCUT2D eigenvalue weighted by Crippen LogP contribution is 2.34. The smallest absolute Gasteiger partial charge is 0.260 e. The summed E-state index contributed by atoms with van der Waals surface area (Å²) >= 11 is 0. The van der Waals surface area contributed by atoms with Gasteiger partial charge in [-0.05, 0) is 11.1 Å². The van der Waals surface area contributed by atoms with E-state index < -0.39 is 5.79 Å². The quantitative estimate of drug-likeness (QED) is 0.485. The van der Waals surface area contributed by atoms with Crippen LogP contribution in [-0.4, -0.2) is 20.0 Å². The van der Waals surface area contributed by atoms with Crippen LogP contribution >= 0.6 is 0 Å². The minimum Gasteiger partial charge on any atom is -0.343 e. The van der Waals surface area contributed by atoms with Crippen LogP contribution in [0.1, 0.15) is 15.9 Å². The molecule has 0 bridgehead atoms. The molecule has 0 aliphatic rings. The summed E-state index contributed by atoms with van der Waals surface area (Å²) in [5, 5.41) is 0. The molecule has 25 heavy (non-hydrogen) atoms. The van der Waals surface area contributed by atoms with E-state index in [1.54, 1.807) is 6.07 Å². The summed E-state index contributed by atoms with van der Waals surface area (Å²) in [6, 6.07) is 26.6. The molecule has 3 nitrogen and oxygen atoms in total. The molecular weight excluding hydrogens is 312 g/mol. The van der Waals surface area contributed by atoms with Gasteiger partial charge >= 0.3 is 0 Å². The molecule has 0 fully saturated rings. The van der Waals surface area contributed by atoms with E-state index in [2.05, 4.69) is 0 Å². The number of hydrogen-bond acceptors (Lipinski definition) is 3. The number of hydrogen-bond donors (Lipinski definition) is 0. The van der Waals surface area contributed by atoms with Crippen molar-refractivity contribution in [1.29, 1.82) is 0 Å². The van der Waals surface area contributed by atoms with Gasteiger partial charge < -0.3 is 9.47 Å². The Balaban J connectivity index is 2.14. The van der Waals surface area contributed by atoms with Crippen LogP contribution in [0.3, 0.4) is 0 Å². The monoisotopic (exact) mass is 332 g/mol. The number of carbonyl (C=O) groups excluding carboxylic acids is 1. The number of ether oxygens (including phenoxy) is 2. The fraction of sp³-hybridized carbons (Fsp3) is 0.136. The van der Waals surface area contributed by atoms with E-state index >= 15 is 0 Å². The molecule has 0 saturated carbocycles. The molecule has 0 radical (unpaired) electrons. The molecule has 3 rings (SSSR count). The van der Waals surface area contributed by atoms with E-state index in [-0.39, 0.29) is 5.78 Å². The highest BCUT2D eigenvalue weighted by atomic mass is 16.7. The SMILES string of the molecule is COC(OC)(C(=O)c1ccccc1-c1ccccc1)c1ccccc1. The van der Waals surface area contributed by atoms with Crippen LogP contribution in [0.15, 0.2) is 84.9 Å². The van der Waals surface area contributed by atoms with Crippen molar-refractivity contribution in [3.63, 3.8) is 0 Å². The Morgan fingerprint density at radius 3 is 1.84 bits per heavy atom. The van der Waals surface area contributed by atoms with Crippen LogP contribution in [-0.2, 0) is 15.3 Å². The third-order valence-electron chi connectivity index (χ3n) is 4.28. The second-order valence-electron chi connectivity index (χ2n) is 5.63. The highest BCUT2D eigenvalue weighted by Gasteiger charge is 2.42. The van der Waals surface area contributed by atoms with E-state index in [0.717, 1.165) is 11.1 Å². The predicted molar refractivity (Wildman–Crippen MR) is 98.3 cm³/mol. The molecule has 0 aromatic heterocycles. The zero-order valence-corrected chi connectivity index (χ0v) is 14.3. The second kappa shape index (κ2) is 7.43. The summed E-state index contributed by atoms with van der Waals surface area (Å²) in [6.07, 6.45) is 0. The summed E-state index contributed by atoms with van der Waals surface area (Å²) in [5.41, 5.74) is 3.04. The first-order valence-electron chi connectivity index (χ1n) is 8.08. The van der Waals surface area contributed by atoms with Gasteiger partial charge in [0.25, 0.3) is 5.79 Å². The lowest BCUT2D eigenvalue weighted by atomic mass is 9.90. The molecule has 0 saturated heterocycles. The molecule has 0 heterocycles. The topological polar surface area (TPSA) is 35.5 Å². The molecule has 0 aliphatic heterocycles. The van der Waals surface area contributed by atoms with Gasteiger partial charge in [0.05, 0.1) is 0 Å². The van der Waals surface area contributed by atoms with Crippen molar-refractivity contribution < 1.29 is 14.3 Å². The molecule has 3 aromatic carbocycles. The fourth-order valence-corrected chi connectivity index (χ4v) is 3.02. The van der Waals surface area contributed by atoms with E-state index in [0.29, 0.717) is 11.1 Å². The molecule has 126 valence electrons. The van der Waals surface area contributed by atoms with Crippen LogP contribution in [0, 0.1) is 0 Å². The number of Topliss-reactive ketones (excluding diaryl/α,β-unsaturated/α-hetero) is 1. The summed E-state index contributed by atoms with van der Waals surface area (Å²) in [7, 11) is 2.97. The van der Waals surface area contributed by atoms with Crippen molar-refractivity contribution in [3.8, 4) is 11.1 Å². The lowest BCUT2D eigenvalue weighted by Gasteiger charge is -2.30. The zero-order chi connectivity index (χ0) is 17.7. The van der Waals surface area contributed by atoms with Crippen LogP contribution in [0.25, 0.3) is 11.1 Å². The highest BCUT2D eigenvalue weighted by molar-refractivity contribution is 6.07. The standard InChI is InChI=1S/C22H20O3/c1-24-22(25-2,18-13-7-4-8-14-18)21(23)20-16-10-9-15-19(20)17-11-5-3-6-12-17/h3-16H,1-2H3. The maximum Gasteiger partial charge on any atom is 0.260 e. The number of rotatable bonds is 6. The van der Waals surface area contributed by atoms with Crippen LogP contribution in [0.5, 0.6) is 0 Å². The van der Waals surface area contributed by atoms with Crippen molar-refractivity contribution in [2.75, 3.05) is 14.2 Å². The first kappa shape index (κ1) is 17.1. The van der Waals surface area contributed by atoms with E-state index in [1.165, 1.54) is 14.2 Å². The number of ketones is 1. The van der Waals surface area contributed by atoms with Gasteiger partial charge in [-0.3, -0.25) is 4.79 Å². The van der Waals surface area contributed by atoms with Gasteiger partial charge in [-0.25, -0.2) is 0 Å². The van der Waals surface area contributed by atoms with E-state index in [9.17, 15) is 4.79 Å². The number of benzene rings is 3. The van der Waals surface area contributed by atoms with Gasteiger partial charge in [0.2, 0.25) is 5.78 Å². The molecule has 0 spiro atoms. The van der Waals surface area contributed by atoms with Crippen molar-refractivity contribution in [2.24, 2.45) is 0 Å². The summed E-state index contributed by atoms with van der Waals surface area (Å²) in [4.78, 5) is 13.5. The van der Waals surface area contributed by atoms with Gasteiger partial charge in [-0.1, -0.05) is 84.9 Å². The summed E-state index contributed by atoms with van der Waals surface area (Å²) < 4.78 is 11.2. The Morgan fingerprint density at radius 2 is 1.24 bits per heavy atom. The average Bonchev–Trinajstić information content (AvgIpc) is 2.71. The Kier molecular flexibility index (Phi) is 5.08. The van der Waals surface area contributed by atoms with Gasteiger partial charge in [0.1, 0.15) is 0 Å². The molecule has 0 atom stereocenters. The van der Waals surface area contributed by atoms with Crippen LogP contribution < -0.4 is 0 Å². The fourth-order valence-electron chi connectivity index (χ4n) is 3.02. The minimum absolute atomic E-state index is 0.233. The largest absolute Gasteiger partial charge is 0.343 e. The molecule has 0 aliphatic carbocycles. The molecule has 3 heteroatoms. The predicted octanol–water partition coefficient (Wildman–Crippen LogP) is 4.68. The first-order chi connectivity index (χ1) is 12.2.